The molecule has 0 unspecified atom stereocenters. The maximum absolute atomic E-state index is 11.8. The molecule has 1 heterocycles. The fraction of sp³-hybridized carbons (Fsp3) is 0.353. The second kappa shape index (κ2) is 7.09. The predicted octanol–water partition coefficient (Wildman–Crippen LogP) is 3.01. The summed E-state index contributed by atoms with van der Waals surface area (Å²) in [7, 11) is 0. The molecule has 1 aromatic carbocycles. The summed E-state index contributed by atoms with van der Waals surface area (Å²) in [4.78, 5) is 11.8. The summed E-state index contributed by atoms with van der Waals surface area (Å²) in [5, 5.41) is 13.8. The summed E-state index contributed by atoms with van der Waals surface area (Å²) in [5.41, 5.74) is 1.04. The van der Waals surface area contributed by atoms with E-state index in [1.54, 1.807) is 12.1 Å². The molecule has 0 saturated carbocycles. The zero-order valence-electron chi connectivity index (χ0n) is 13.9. The first-order valence-electron chi connectivity index (χ1n) is 7.43. The van der Waals surface area contributed by atoms with Crippen molar-refractivity contribution in [2.45, 2.75) is 33.2 Å². The molecule has 23 heavy (non-hydrogen) atoms. The van der Waals surface area contributed by atoms with Crippen LogP contribution in [0.15, 0.2) is 36.4 Å². The Labute approximate surface area is 136 Å². The highest BCUT2D eigenvalue weighted by molar-refractivity contribution is 5.90. The second-order valence-electron chi connectivity index (χ2n) is 6.33. The average molecular weight is 314 g/mol. The van der Waals surface area contributed by atoms with Crippen LogP contribution in [0.5, 0.6) is 5.75 Å². The van der Waals surface area contributed by atoms with Crippen LogP contribution in [0.3, 0.4) is 0 Å². The van der Waals surface area contributed by atoms with E-state index in [0.29, 0.717) is 17.4 Å². The molecule has 6 heteroatoms. The van der Waals surface area contributed by atoms with Crippen molar-refractivity contribution in [2.24, 2.45) is 0 Å². The quantitative estimate of drug-likeness (QED) is 0.887. The Bertz CT molecular complexity index is 646. The van der Waals surface area contributed by atoms with Crippen LogP contribution in [0.1, 0.15) is 26.3 Å². The summed E-state index contributed by atoms with van der Waals surface area (Å²) in [6.07, 6.45) is 0. The van der Waals surface area contributed by atoms with E-state index in [0.717, 1.165) is 5.56 Å². The number of aromatic nitrogens is 2. The molecule has 0 atom stereocenters. The van der Waals surface area contributed by atoms with Gasteiger partial charge in [-0.2, -0.15) is 0 Å². The summed E-state index contributed by atoms with van der Waals surface area (Å²) in [6, 6.07) is 11.0. The van der Waals surface area contributed by atoms with Crippen molar-refractivity contribution in [3.8, 4) is 5.75 Å². The van der Waals surface area contributed by atoms with Gasteiger partial charge in [-0.25, -0.2) is 0 Å². The van der Waals surface area contributed by atoms with Crippen LogP contribution in [0, 0.1) is 6.92 Å². The number of rotatable bonds is 5. The number of amides is 1. The normalized spacial score (nSPS) is 11.0. The highest BCUT2D eigenvalue weighted by Gasteiger charge is 2.11. The Morgan fingerprint density at radius 1 is 1.04 bits per heavy atom. The summed E-state index contributed by atoms with van der Waals surface area (Å²) < 4.78 is 5.41. The number of ether oxygens (including phenoxy) is 1. The van der Waals surface area contributed by atoms with E-state index < -0.39 is 0 Å². The van der Waals surface area contributed by atoms with Gasteiger partial charge in [0.2, 0.25) is 0 Å². The van der Waals surface area contributed by atoms with Gasteiger partial charge in [0, 0.05) is 5.54 Å². The molecule has 2 rings (SSSR count). The molecule has 0 aliphatic rings. The van der Waals surface area contributed by atoms with Gasteiger partial charge in [-0.15, -0.1) is 10.2 Å². The Hall–Kier alpha value is -2.63. The molecule has 0 fully saturated rings. The highest BCUT2D eigenvalue weighted by atomic mass is 16.5. The van der Waals surface area contributed by atoms with Gasteiger partial charge >= 0.3 is 0 Å². The molecular weight excluding hydrogens is 292 g/mol. The predicted molar refractivity (Wildman–Crippen MR) is 90.7 cm³/mol. The first-order chi connectivity index (χ1) is 10.8. The SMILES string of the molecule is Cc1ccc(OCC(=O)Nc2ccc(NC(C)(C)C)nn2)cc1. The summed E-state index contributed by atoms with van der Waals surface area (Å²) in [6.45, 7) is 8.02. The van der Waals surface area contributed by atoms with E-state index in [9.17, 15) is 4.79 Å². The third kappa shape index (κ3) is 5.94. The van der Waals surface area contributed by atoms with Crippen LogP contribution in [0.2, 0.25) is 0 Å². The lowest BCUT2D eigenvalue weighted by Gasteiger charge is -2.20. The number of nitrogens with one attached hydrogen (secondary N) is 2. The van der Waals surface area contributed by atoms with Gasteiger partial charge in [0.15, 0.2) is 12.4 Å². The molecule has 0 aliphatic heterocycles. The minimum atomic E-state index is -0.281. The Balaban J connectivity index is 1.84. The summed E-state index contributed by atoms with van der Waals surface area (Å²) >= 11 is 0. The number of hydrogen-bond acceptors (Lipinski definition) is 5. The molecule has 1 aromatic heterocycles. The van der Waals surface area contributed by atoms with Gasteiger partial charge in [0.25, 0.3) is 5.91 Å². The molecule has 0 bridgehead atoms. The van der Waals surface area contributed by atoms with Gasteiger partial charge in [-0.05, 0) is 52.0 Å². The lowest BCUT2D eigenvalue weighted by Crippen LogP contribution is -2.27. The fourth-order valence-corrected chi connectivity index (χ4v) is 1.81. The molecular formula is C17H22N4O2. The Morgan fingerprint density at radius 2 is 1.65 bits per heavy atom. The van der Waals surface area contributed by atoms with Crippen molar-refractivity contribution in [3.05, 3.63) is 42.0 Å². The third-order valence-corrected chi connectivity index (χ3v) is 2.83. The fourth-order valence-electron chi connectivity index (χ4n) is 1.81. The van der Waals surface area contributed by atoms with Crippen LogP contribution < -0.4 is 15.4 Å². The van der Waals surface area contributed by atoms with Crippen LogP contribution in [0.4, 0.5) is 11.6 Å². The average Bonchev–Trinajstić information content (AvgIpc) is 2.47. The maximum atomic E-state index is 11.8. The number of nitrogens with zero attached hydrogens (tertiary/aromatic N) is 2. The molecule has 2 N–H and O–H groups in total. The Kier molecular flexibility index (Phi) is 5.16. The lowest BCUT2D eigenvalue weighted by atomic mass is 10.1. The number of benzene rings is 1. The van der Waals surface area contributed by atoms with E-state index in [-0.39, 0.29) is 18.1 Å². The van der Waals surface area contributed by atoms with Crippen LogP contribution in [-0.2, 0) is 4.79 Å². The van der Waals surface area contributed by atoms with Crippen molar-refractivity contribution in [2.75, 3.05) is 17.2 Å². The van der Waals surface area contributed by atoms with Gasteiger partial charge in [-0.3, -0.25) is 4.79 Å². The zero-order chi connectivity index (χ0) is 16.9. The standard InChI is InChI=1S/C17H22N4O2/c1-12-5-7-13(8-6-12)23-11-16(22)18-14-9-10-15(21-20-14)19-17(2,3)4/h5-10H,11H2,1-4H3,(H,19,21)(H,18,20,22). The molecule has 6 nitrogen and oxygen atoms in total. The van der Waals surface area contributed by atoms with Crippen LogP contribution >= 0.6 is 0 Å². The molecule has 122 valence electrons. The van der Waals surface area contributed by atoms with E-state index in [1.165, 1.54) is 0 Å². The van der Waals surface area contributed by atoms with Crippen molar-refractivity contribution in [1.82, 2.24) is 10.2 Å². The molecule has 0 aliphatic carbocycles. The second-order valence-corrected chi connectivity index (χ2v) is 6.33. The van der Waals surface area contributed by atoms with E-state index >= 15 is 0 Å². The van der Waals surface area contributed by atoms with E-state index in [1.807, 2.05) is 52.0 Å². The number of anilines is 2. The molecule has 0 radical (unpaired) electrons. The maximum Gasteiger partial charge on any atom is 0.263 e. The van der Waals surface area contributed by atoms with Crippen molar-refractivity contribution in [3.63, 3.8) is 0 Å². The number of carbonyl (C=O) groups is 1. The topological polar surface area (TPSA) is 76.1 Å². The van der Waals surface area contributed by atoms with Crippen molar-refractivity contribution >= 4 is 17.5 Å². The smallest absolute Gasteiger partial charge is 0.263 e. The lowest BCUT2D eigenvalue weighted by molar-refractivity contribution is -0.118. The first kappa shape index (κ1) is 16.7. The van der Waals surface area contributed by atoms with Gasteiger partial charge in [-0.1, -0.05) is 17.7 Å². The van der Waals surface area contributed by atoms with E-state index in [2.05, 4.69) is 20.8 Å². The molecule has 0 saturated heterocycles. The van der Waals surface area contributed by atoms with Crippen molar-refractivity contribution in [1.29, 1.82) is 0 Å². The van der Waals surface area contributed by atoms with Gasteiger partial charge in [0.1, 0.15) is 11.6 Å². The Morgan fingerprint density at radius 3 is 2.22 bits per heavy atom. The minimum absolute atomic E-state index is 0.0767. The van der Waals surface area contributed by atoms with Gasteiger partial charge in [0.05, 0.1) is 0 Å². The zero-order valence-corrected chi connectivity index (χ0v) is 13.9. The highest BCUT2D eigenvalue weighted by Crippen LogP contribution is 2.13. The number of carbonyl (C=O) groups excluding carboxylic acids is 1. The molecule has 0 spiro atoms. The first-order valence-corrected chi connectivity index (χ1v) is 7.43. The molecule has 2 aromatic rings. The monoisotopic (exact) mass is 314 g/mol. The third-order valence-electron chi connectivity index (χ3n) is 2.83. The van der Waals surface area contributed by atoms with Crippen molar-refractivity contribution < 1.29 is 9.53 Å². The van der Waals surface area contributed by atoms with Crippen LogP contribution in [0.25, 0.3) is 0 Å². The van der Waals surface area contributed by atoms with E-state index in [4.69, 9.17) is 4.74 Å². The number of hydrogen-bond donors (Lipinski definition) is 2. The van der Waals surface area contributed by atoms with Gasteiger partial charge < -0.3 is 15.4 Å². The van der Waals surface area contributed by atoms with Crippen LogP contribution in [-0.4, -0.2) is 28.3 Å². The molecule has 1 amide bonds. The minimum Gasteiger partial charge on any atom is -0.484 e. The number of aryl methyl sites for hydroxylation is 1. The summed E-state index contributed by atoms with van der Waals surface area (Å²) in [5.74, 6) is 1.42. The largest absolute Gasteiger partial charge is 0.484 e.